The van der Waals surface area contributed by atoms with E-state index in [0.717, 1.165) is 21.8 Å². The lowest BCUT2D eigenvalue weighted by Gasteiger charge is -2.28. The van der Waals surface area contributed by atoms with Crippen molar-refractivity contribution in [2.45, 2.75) is 19.4 Å². The summed E-state index contributed by atoms with van der Waals surface area (Å²) in [7, 11) is 0. The van der Waals surface area contributed by atoms with Gasteiger partial charge in [-0.2, -0.15) is 0 Å². The quantitative estimate of drug-likeness (QED) is 0.445. The molecule has 1 aliphatic rings. The third-order valence-electron chi connectivity index (χ3n) is 3.91. The molecule has 0 amide bonds. The molecule has 5 nitrogen and oxygen atoms in total. The Morgan fingerprint density at radius 3 is 2.89 bits per heavy atom. The summed E-state index contributed by atoms with van der Waals surface area (Å²) < 4.78 is 19.3. The lowest BCUT2D eigenvalue weighted by Crippen LogP contribution is -2.32. The van der Waals surface area contributed by atoms with Crippen molar-refractivity contribution in [3.8, 4) is 0 Å². The zero-order valence-electron chi connectivity index (χ0n) is 14.3. The van der Waals surface area contributed by atoms with Crippen molar-refractivity contribution in [1.82, 2.24) is 10.3 Å². The number of nitrogens with one attached hydrogen (secondary N) is 1. The summed E-state index contributed by atoms with van der Waals surface area (Å²) in [5.41, 5.74) is 2.37. The van der Waals surface area contributed by atoms with E-state index >= 15 is 0 Å². The zero-order valence-corrected chi connectivity index (χ0v) is 18.3. The second kappa shape index (κ2) is 9.07. The third kappa shape index (κ3) is 4.64. The van der Waals surface area contributed by atoms with Crippen molar-refractivity contribution in [2.75, 3.05) is 11.9 Å². The number of carbonyl (C=O) groups is 1. The van der Waals surface area contributed by atoms with Gasteiger partial charge in [0.05, 0.1) is 13.0 Å². The highest BCUT2D eigenvalue weighted by Gasteiger charge is 2.30. The number of hydrogen-bond donors (Lipinski definition) is 1. The number of rotatable bonds is 6. The number of amidine groups is 1. The smallest absolute Gasteiger partial charge is 0.310 e. The van der Waals surface area contributed by atoms with Gasteiger partial charge in [-0.05, 0) is 30.2 Å². The molecule has 2 heterocycles. The number of ether oxygens (including phenoxy) is 1. The maximum atomic E-state index is 13.6. The monoisotopic (exact) mass is 515 g/mol. The number of thiazole rings is 1. The molecular weight excluding hydrogens is 501 g/mol. The second-order valence-electron chi connectivity index (χ2n) is 5.63. The Labute approximate surface area is 177 Å². The van der Waals surface area contributed by atoms with Crippen molar-refractivity contribution in [3.63, 3.8) is 0 Å². The van der Waals surface area contributed by atoms with E-state index in [-0.39, 0.29) is 18.2 Å². The van der Waals surface area contributed by atoms with Crippen molar-refractivity contribution in [2.24, 2.45) is 4.99 Å². The number of alkyl halides is 1. The van der Waals surface area contributed by atoms with Crippen molar-refractivity contribution < 1.29 is 13.9 Å². The van der Waals surface area contributed by atoms with Gasteiger partial charge in [0, 0.05) is 27.1 Å². The molecule has 1 atom stereocenters. The van der Waals surface area contributed by atoms with E-state index in [1.54, 1.807) is 19.2 Å². The Morgan fingerprint density at radius 2 is 2.26 bits per heavy atom. The van der Waals surface area contributed by atoms with E-state index in [1.165, 1.54) is 23.5 Å². The second-order valence-corrected chi connectivity index (χ2v) is 7.94. The molecule has 142 valence electrons. The van der Waals surface area contributed by atoms with Crippen LogP contribution < -0.4 is 5.32 Å². The van der Waals surface area contributed by atoms with Gasteiger partial charge in [-0.3, -0.25) is 9.79 Å². The Balaban J connectivity index is 2.08. The predicted molar refractivity (Wildman–Crippen MR) is 111 cm³/mol. The first kappa shape index (κ1) is 20.2. The molecule has 0 spiro atoms. The van der Waals surface area contributed by atoms with Gasteiger partial charge in [0.15, 0.2) is 10.8 Å². The summed E-state index contributed by atoms with van der Waals surface area (Å²) >= 11 is 8.37. The largest absolute Gasteiger partial charge is 0.466 e. The molecule has 0 saturated carbocycles. The molecular formula is C18H16Br2FN3O2S. The number of allylic oxidation sites excluding steroid dienone is 1. The third-order valence-corrected chi connectivity index (χ3v) is 5.94. The molecule has 0 aliphatic carbocycles. The van der Waals surface area contributed by atoms with Crippen LogP contribution in [-0.2, 0) is 9.53 Å². The molecule has 1 aromatic carbocycles. The van der Waals surface area contributed by atoms with Gasteiger partial charge in [0.2, 0.25) is 0 Å². The first-order valence-electron chi connectivity index (χ1n) is 8.16. The minimum atomic E-state index is -0.461. The normalized spacial score (nSPS) is 16.7. The molecule has 9 heteroatoms. The lowest BCUT2D eigenvalue weighted by atomic mass is 9.93. The summed E-state index contributed by atoms with van der Waals surface area (Å²) in [6.45, 7) is 2.07. The van der Waals surface area contributed by atoms with Gasteiger partial charge >= 0.3 is 5.97 Å². The van der Waals surface area contributed by atoms with Crippen molar-refractivity contribution >= 4 is 55.0 Å². The van der Waals surface area contributed by atoms with Crippen LogP contribution in [0.2, 0.25) is 0 Å². The van der Waals surface area contributed by atoms with Gasteiger partial charge in [-0.1, -0.05) is 37.9 Å². The van der Waals surface area contributed by atoms with Crippen LogP contribution in [0.25, 0.3) is 0 Å². The van der Waals surface area contributed by atoms with Crippen LogP contribution in [-0.4, -0.2) is 28.7 Å². The summed E-state index contributed by atoms with van der Waals surface area (Å²) in [4.78, 5) is 21.3. The number of carbonyl (C=O) groups excluding carboxylic acids is 1. The number of hydrogen-bond acceptors (Lipinski definition) is 6. The molecule has 1 N–H and O–H groups in total. The number of halogens is 3. The number of aliphatic imine (C=N–C) groups is 1. The van der Waals surface area contributed by atoms with Gasteiger partial charge < -0.3 is 10.1 Å². The van der Waals surface area contributed by atoms with Crippen LogP contribution in [0.3, 0.4) is 0 Å². The fourth-order valence-electron chi connectivity index (χ4n) is 2.75. The van der Waals surface area contributed by atoms with Crippen LogP contribution in [0.15, 0.2) is 50.5 Å². The average molecular weight is 517 g/mol. The highest BCUT2D eigenvalue weighted by atomic mass is 79.9. The molecule has 3 rings (SSSR count). The van der Waals surface area contributed by atoms with Crippen LogP contribution in [0.1, 0.15) is 30.0 Å². The molecule has 2 aromatic rings. The van der Waals surface area contributed by atoms with E-state index in [0.29, 0.717) is 22.2 Å². The van der Waals surface area contributed by atoms with Gasteiger partial charge in [0.1, 0.15) is 11.9 Å². The summed E-state index contributed by atoms with van der Waals surface area (Å²) in [5.74, 6) is -0.0579. The average Bonchev–Trinajstić information content (AvgIpc) is 3.17. The maximum Gasteiger partial charge on any atom is 0.310 e. The van der Waals surface area contributed by atoms with Crippen LogP contribution in [0.4, 0.5) is 4.39 Å². The van der Waals surface area contributed by atoms with Crippen molar-refractivity contribution in [1.29, 1.82) is 0 Å². The highest BCUT2D eigenvalue weighted by molar-refractivity contribution is 9.10. The SMILES string of the molecule is CCOC(=O)CC1=C(CBr)NC(c2nccs2)=NC1c1ccc(F)cc1Br. The molecule has 0 bridgehead atoms. The van der Waals surface area contributed by atoms with Gasteiger partial charge in [0.25, 0.3) is 0 Å². The fourth-order valence-corrected chi connectivity index (χ4v) is 4.40. The van der Waals surface area contributed by atoms with Gasteiger partial charge in [-0.25, -0.2) is 9.37 Å². The Bertz CT molecular complexity index is 900. The van der Waals surface area contributed by atoms with E-state index in [9.17, 15) is 9.18 Å². The van der Waals surface area contributed by atoms with E-state index in [1.807, 2.05) is 5.38 Å². The van der Waals surface area contributed by atoms with E-state index in [4.69, 9.17) is 9.73 Å². The van der Waals surface area contributed by atoms with E-state index < -0.39 is 6.04 Å². The Kier molecular flexibility index (Phi) is 6.78. The van der Waals surface area contributed by atoms with Crippen molar-refractivity contribution in [3.05, 3.63) is 61.9 Å². The fraction of sp³-hybridized carbons (Fsp3) is 0.278. The molecule has 1 unspecified atom stereocenters. The Hall–Kier alpha value is -1.58. The molecule has 27 heavy (non-hydrogen) atoms. The Morgan fingerprint density at radius 1 is 1.44 bits per heavy atom. The number of benzene rings is 1. The summed E-state index contributed by atoms with van der Waals surface area (Å²) in [6.07, 6.45) is 1.80. The lowest BCUT2D eigenvalue weighted by molar-refractivity contribution is -0.142. The van der Waals surface area contributed by atoms with Crippen LogP contribution in [0.5, 0.6) is 0 Å². The molecule has 0 radical (unpaired) electrons. The first-order valence-corrected chi connectivity index (χ1v) is 11.0. The predicted octanol–water partition coefficient (Wildman–Crippen LogP) is 4.74. The van der Waals surface area contributed by atoms with Crippen LogP contribution >= 0.6 is 43.2 Å². The first-order chi connectivity index (χ1) is 13.0. The zero-order chi connectivity index (χ0) is 19.4. The minimum absolute atomic E-state index is 0.0882. The summed E-state index contributed by atoms with van der Waals surface area (Å²) in [5, 5.41) is 6.38. The van der Waals surface area contributed by atoms with E-state index in [2.05, 4.69) is 42.2 Å². The summed E-state index contributed by atoms with van der Waals surface area (Å²) in [6, 6.07) is 3.99. The number of aromatic nitrogens is 1. The standard InChI is InChI=1S/C18H16Br2FN3O2S/c1-2-26-15(25)8-12-14(9-19)23-17(18-22-5-6-27-18)24-16(12)11-4-3-10(21)7-13(11)20/h3-7,16H,2,8-9H2,1H3,(H,23,24). The van der Waals surface area contributed by atoms with Crippen LogP contribution in [0, 0.1) is 5.82 Å². The molecule has 1 aliphatic heterocycles. The topological polar surface area (TPSA) is 63.6 Å². The maximum absolute atomic E-state index is 13.6. The molecule has 1 aromatic heterocycles. The number of nitrogens with zero attached hydrogens (tertiary/aromatic N) is 2. The highest BCUT2D eigenvalue weighted by Crippen LogP contribution is 2.38. The number of esters is 1. The molecule has 0 fully saturated rings. The van der Waals surface area contributed by atoms with Gasteiger partial charge in [-0.15, -0.1) is 11.3 Å². The molecule has 0 saturated heterocycles. The minimum Gasteiger partial charge on any atom is -0.466 e.